The molecule has 0 fully saturated rings. The molecular weight excluding hydrogens is 204 g/mol. The first-order valence-corrected chi connectivity index (χ1v) is 5.58. The minimum atomic E-state index is 0.144. The zero-order chi connectivity index (χ0) is 10.1. The van der Waals surface area contributed by atoms with Crippen LogP contribution in [-0.4, -0.2) is 11.0 Å². The van der Waals surface area contributed by atoms with E-state index in [2.05, 4.69) is 43.6 Å². The van der Waals surface area contributed by atoms with Crippen molar-refractivity contribution in [2.45, 2.75) is 39.5 Å². The zero-order valence-electron chi connectivity index (χ0n) is 8.28. The molecule has 0 rings (SSSR count). The molecule has 0 radical (unpaired) electrons. The monoisotopic (exact) mass is 222 g/mol. The van der Waals surface area contributed by atoms with E-state index in [0.717, 1.165) is 6.42 Å². The summed E-state index contributed by atoms with van der Waals surface area (Å²) in [6, 6.07) is 0. The highest BCUT2D eigenvalue weighted by atomic mass is 32.1. The number of thiocarbonyl (C=S) groups is 1. The van der Waals surface area contributed by atoms with Gasteiger partial charge in [0.25, 0.3) is 4.38 Å². The summed E-state index contributed by atoms with van der Waals surface area (Å²) < 4.78 is 0.144. The quantitative estimate of drug-likeness (QED) is 0.308. The van der Waals surface area contributed by atoms with Crippen LogP contribution >= 0.6 is 24.8 Å². The van der Waals surface area contributed by atoms with E-state index in [9.17, 15) is 0 Å². The molecule has 0 aliphatic heterocycles. The van der Waals surface area contributed by atoms with Gasteiger partial charge in [-0.15, -0.1) is 0 Å². The Kier molecular flexibility index (Phi) is 8.92. The Hall–Kier alpha value is 0.200. The second-order valence-corrected chi connectivity index (χ2v) is 4.13. The highest BCUT2D eigenvalue weighted by Crippen LogP contribution is 2.12. The molecule has 13 heavy (non-hydrogen) atoms. The zero-order valence-corrected chi connectivity index (χ0v) is 10.00. The Morgan fingerprint density at radius 1 is 1.46 bits per heavy atom. The van der Waals surface area contributed by atoms with Crippen molar-refractivity contribution in [1.29, 1.82) is 0 Å². The van der Waals surface area contributed by atoms with Crippen LogP contribution in [0.4, 0.5) is 0 Å². The molecule has 0 bridgehead atoms. The molecular formula is C9H18O2S2. The molecule has 0 saturated heterocycles. The Morgan fingerprint density at radius 3 is 2.62 bits per heavy atom. The Morgan fingerprint density at radius 2 is 2.15 bits per heavy atom. The van der Waals surface area contributed by atoms with Crippen molar-refractivity contribution in [2.24, 2.45) is 5.92 Å². The lowest BCUT2D eigenvalue weighted by Crippen LogP contribution is -2.09. The van der Waals surface area contributed by atoms with Crippen molar-refractivity contribution in [3.8, 4) is 0 Å². The van der Waals surface area contributed by atoms with Gasteiger partial charge < -0.3 is 4.89 Å². The minimum absolute atomic E-state index is 0.144. The molecule has 0 aliphatic carbocycles. The van der Waals surface area contributed by atoms with Crippen molar-refractivity contribution in [3.63, 3.8) is 0 Å². The third-order valence-electron chi connectivity index (χ3n) is 1.98. The van der Waals surface area contributed by atoms with Crippen LogP contribution in [-0.2, 0) is 9.78 Å². The summed E-state index contributed by atoms with van der Waals surface area (Å²) in [5.41, 5.74) is 0. The highest BCUT2D eigenvalue weighted by Gasteiger charge is 2.06. The Balaban J connectivity index is 3.41. The topological polar surface area (TPSA) is 18.5 Å². The normalized spacial score (nSPS) is 12.5. The van der Waals surface area contributed by atoms with E-state index in [0.29, 0.717) is 12.5 Å². The van der Waals surface area contributed by atoms with Crippen LogP contribution in [0.1, 0.15) is 39.5 Å². The van der Waals surface area contributed by atoms with Gasteiger partial charge in [-0.2, -0.15) is 4.89 Å². The van der Waals surface area contributed by atoms with E-state index in [4.69, 9.17) is 4.89 Å². The SMILES string of the molecule is CCCCC(CC)COOC(=S)S. The van der Waals surface area contributed by atoms with Crippen LogP contribution in [0.15, 0.2) is 0 Å². The lowest BCUT2D eigenvalue weighted by atomic mass is 10.0. The molecule has 0 heterocycles. The number of thiol groups is 1. The van der Waals surface area contributed by atoms with E-state index < -0.39 is 0 Å². The number of hydrogen-bond donors (Lipinski definition) is 1. The molecule has 0 N–H and O–H groups in total. The van der Waals surface area contributed by atoms with Crippen LogP contribution in [0.25, 0.3) is 0 Å². The minimum Gasteiger partial charge on any atom is -0.319 e. The molecule has 0 aromatic rings. The predicted octanol–water partition coefficient (Wildman–Crippen LogP) is 3.37. The van der Waals surface area contributed by atoms with Gasteiger partial charge in [-0.25, -0.2) is 0 Å². The summed E-state index contributed by atoms with van der Waals surface area (Å²) in [5, 5.41) is 0. The fraction of sp³-hybridized carbons (Fsp3) is 0.889. The lowest BCUT2D eigenvalue weighted by molar-refractivity contribution is -0.226. The molecule has 1 unspecified atom stereocenters. The van der Waals surface area contributed by atoms with Crippen molar-refractivity contribution >= 4 is 29.2 Å². The maximum atomic E-state index is 4.93. The second-order valence-electron chi connectivity index (χ2n) is 3.05. The summed E-state index contributed by atoms with van der Waals surface area (Å²) in [7, 11) is 0. The van der Waals surface area contributed by atoms with E-state index >= 15 is 0 Å². The van der Waals surface area contributed by atoms with Crippen LogP contribution in [0.5, 0.6) is 0 Å². The van der Waals surface area contributed by atoms with E-state index in [-0.39, 0.29) is 4.38 Å². The fourth-order valence-corrected chi connectivity index (χ4v) is 1.18. The standard InChI is InChI=1S/C9H18O2S2/c1-3-5-6-8(4-2)7-10-11-9(12)13/h8H,3-7H2,1-2H3,(H,12,13). The highest BCUT2D eigenvalue weighted by molar-refractivity contribution is 8.10. The first-order chi connectivity index (χ1) is 6.20. The van der Waals surface area contributed by atoms with Crippen molar-refractivity contribution in [2.75, 3.05) is 6.61 Å². The summed E-state index contributed by atoms with van der Waals surface area (Å²) in [6.45, 7) is 4.95. The summed E-state index contributed by atoms with van der Waals surface area (Å²) in [4.78, 5) is 9.58. The molecule has 0 aromatic heterocycles. The van der Waals surface area contributed by atoms with Gasteiger partial charge in [-0.3, -0.25) is 0 Å². The second kappa shape index (κ2) is 8.78. The largest absolute Gasteiger partial charge is 0.319 e. The van der Waals surface area contributed by atoms with Gasteiger partial charge in [0, 0.05) is 0 Å². The summed E-state index contributed by atoms with van der Waals surface area (Å²) in [5.74, 6) is 0.572. The molecule has 4 heteroatoms. The first-order valence-electron chi connectivity index (χ1n) is 4.73. The molecule has 78 valence electrons. The lowest BCUT2D eigenvalue weighted by Gasteiger charge is -2.12. The maximum Gasteiger partial charge on any atom is 0.260 e. The van der Waals surface area contributed by atoms with Crippen LogP contribution < -0.4 is 0 Å². The van der Waals surface area contributed by atoms with E-state index in [1.54, 1.807) is 0 Å². The third-order valence-corrected chi connectivity index (χ3v) is 2.12. The van der Waals surface area contributed by atoms with Crippen molar-refractivity contribution in [1.82, 2.24) is 0 Å². The third kappa shape index (κ3) is 8.53. The molecule has 0 spiro atoms. The smallest absolute Gasteiger partial charge is 0.260 e. The van der Waals surface area contributed by atoms with Gasteiger partial charge >= 0.3 is 0 Å². The molecule has 0 aromatic carbocycles. The van der Waals surface area contributed by atoms with Crippen molar-refractivity contribution in [3.05, 3.63) is 0 Å². The Labute approximate surface area is 91.3 Å². The maximum absolute atomic E-state index is 4.93. The molecule has 0 amide bonds. The van der Waals surface area contributed by atoms with E-state index in [1.807, 2.05) is 0 Å². The van der Waals surface area contributed by atoms with Crippen molar-refractivity contribution < 1.29 is 9.78 Å². The van der Waals surface area contributed by atoms with Crippen LogP contribution in [0.3, 0.4) is 0 Å². The summed E-state index contributed by atoms with van der Waals surface area (Å²) in [6.07, 6.45) is 4.77. The first kappa shape index (κ1) is 13.2. The van der Waals surface area contributed by atoms with Gasteiger partial charge in [0.15, 0.2) is 0 Å². The molecule has 0 aliphatic rings. The van der Waals surface area contributed by atoms with Gasteiger partial charge in [0.05, 0.1) is 6.61 Å². The van der Waals surface area contributed by atoms with Gasteiger partial charge in [-0.1, -0.05) is 45.7 Å². The van der Waals surface area contributed by atoms with Crippen LogP contribution in [0.2, 0.25) is 0 Å². The average Bonchev–Trinajstić information content (AvgIpc) is 2.10. The van der Waals surface area contributed by atoms with Gasteiger partial charge in [-0.05, 0) is 24.6 Å². The van der Waals surface area contributed by atoms with Gasteiger partial charge in [0.1, 0.15) is 0 Å². The Bertz CT molecular complexity index is 140. The summed E-state index contributed by atoms with van der Waals surface area (Å²) >= 11 is 8.37. The number of rotatable bonds is 7. The average molecular weight is 222 g/mol. The van der Waals surface area contributed by atoms with Crippen LogP contribution in [0, 0.1) is 5.92 Å². The molecule has 1 atom stereocenters. The van der Waals surface area contributed by atoms with Gasteiger partial charge in [0.2, 0.25) is 0 Å². The fourth-order valence-electron chi connectivity index (χ4n) is 1.08. The predicted molar refractivity (Wildman–Crippen MR) is 61.9 cm³/mol. The molecule has 0 saturated carbocycles. The number of unbranched alkanes of at least 4 members (excludes halogenated alkanes) is 1. The van der Waals surface area contributed by atoms with E-state index in [1.165, 1.54) is 19.3 Å². The number of hydrogen-bond acceptors (Lipinski definition) is 3. The molecule has 2 nitrogen and oxygen atoms in total.